The van der Waals surface area contributed by atoms with Crippen molar-refractivity contribution >= 4 is 23.3 Å². The van der Waals surface area contributed by atoms with Crippen molar-refractivity contribution in [1.29, 1.82) is 5.26 Å². The Morgan fingerprint density at radius 3 is 2.60 bits per heavy atom. The molecule has 128 valence electrons. The molecule has 1 amide bonds. The summed E-state index contributed by atoms with van der Waals surface area (Å²) in [6.07, 6.45) is 2.86. The Balaban J connectivity index is 2.15. The molecule has 0 unspecified atom stereocenters. The van der Waals surface area contributed by atoms with Crippen molar-refractivity contribution in [3.8, 4) is 6.07 Å². The summed E-state index contributed by atoms with van der Waals surface area (Å²) in [6, 6.07) is 14.9. The first kappa shape index (κ1) is 18.5. The number of pyridine rings is 1. The molecule has 1 aromatic heterocycles. The topological polar surface area (TPSA) is 69.0 Å². The molecule has 0 fully saturated rings. The molecule has 6 heteroatoms. The van der Waals surface area contributed by atoms with Crippen LogP contribution in [0.3, 0.4) is 0 Å². The van der Waals surface area contributed by atoms with Crippen LogP contribution >= 0.6 is 11.6 Å². The molecule has 5 nitrogen and oxygen atoms in total. The number of carbonyl (C=O) groups is 1. The molecule has 0 radical (unpaired) electrons. The van der Waals surface area contributed by atoms with Crippen LogP contribution in [0, 0.1) is 11.3 Å². The van der Waals surface area contributed by atoms with Gasteiger partial charge in [0.1, 0.15) is 17.5 Å². The van der Waals surface area contributed by atoms with Gasteiger partial charge in [0.05, 0.1) is 5.02 Å². The maximum atomic E-state index is 12.7. The van der Waals surface area contributed by atoms with Gasteiger partial charge in [0.2, 0.25) is 0 Å². The van der Waals surface area contributed by atoms with E-state index in [4.69, 9.17) is 11.6 Å². The van der Waals surface area contributed by atoms with Crippen molar-refractivity contribution in [2.24, 2.45) is 0 Å². The van der Waals surface area contributed by atoms with E-state index in [2.05, 4.69) is 10.3 Å². The molecule has 1 N–H and O–H groups in total. The highest BCUT2D eigenvalue weighted by molar-refractivity contribution is 6.30. The number of nitriles is 1. The van der Waals surface area contributed by atoms with E-state index in [-0.39, 0.29) is 17.5 Å². The van der Waals surface area contributed by atoms with Crippen LogP contribution in [0.5, 0.6) is 0 Å². The highest BCUT2D eigenvalue weighted by Gasteiger charge is 2.21. The number of rotatable bonds is 6. The van der Waals surface area contributed by atoms with Gasteiger partial charge >= 0.3 is 0 Å². The number of benzene rings is 1. The number of carbonyl (C=O) groups excluding carboxylic acids is 1. The predicted molar refractivity (Wildman–Crippen MR) is 98.7 cm³/mol. The van der Waals surface area contributed by atoms with Crippen LogP contribution in [-0.4, -0.2) is 21.8 Å². The van der Waals surface area contributed by atoms with E-state index in [0.29, 0.717) is 17.4 Å². The van der Waals surface area contributed by atoms with Gasteiger partial charge in [0, 0.05) is 25.0 Å². The van der Waals surface area contributed by atoms with Gasteiger partial charge in [-0.1, -0.05) is 41.9 Å². The molecular formula is C19H19ClN4O. The molecule has 0 aliphatic carbocycles. The van der Waals surface area contributed by atoms with Crippen molar-refractivity contribution in [1.82, 2.24) is 9.88 Å². The monoisotopic (exact) mass is 354 g/mol. The molecule has 2 aromatic rings. The average molecular weight is 355 g/mol. The number of halogens is 1. The third kappa shape index (κ3) is 5.33. The lowest BCUT2D eigenvalue weighted by Gasteiger charge is -2.26. The molecule has 0 atom stereocenters. The van der Waals surface area contributed by atoms with Crippen LogP contribution in [0.25, 0.3) is 0 Å². The fraction of sp³-hybridized carbons (Fsp3) is 0.211. The molecule has 0 bridgehead atoms. The lowest BCUT2D eigenvalue weighted by atomic mass is 10.1. The Bertz CT molecular complexity index is 779. The molecule has 1 heterocycles. The number of nitrogens with one attached hydrogen (secondary N) is 1. The standard InChI is InChI=1S/C19H19ClN4O/c1-14(2)24(13-15-6-4-3-5-7-15)19(25)16(10-21)11-22-18-9-8-17(20)12-23-18/h3-9,11-12,14H,13H2,1-2H3,(H,22,23)/b16-11-. The van der Waals surface area contributed by atoms with Crippen molar-refractivity contribution in [3.05, 3.63) is 71.0 Å². The second-order valence-corrected chi connectivity index (χ2v) is 6.12. The van der Waals surface area contributed by atoms with Crippen molar-refractivity contribution in [3.63, 3.8) is 0 Å². The summed E-state index contributed by atoms with van der Waals surface area (Å²) in [4.78, 5) is 18.5. The zero-order valence-corrected chi connectivity index (χ0v) is 14.9. The van der Waals surface area contributed by atoms with Gasteiger partial charge in [-0.05, 0) is 31.5 Å². The van der Waals surface area contributed by atoms with Crippen LogP contribution in [0.2, 0.25) is 5.02 Å². The molecule has 25 heavy (non-hydrogen) atoms. The summed E-state index contributed by atoms with van der Waals surface area (Å²) in [5.41, 5.74) is 1.02. The Labute approximate surface area is 152 Å². The van der Waals surface area contributed by atoms with Gasteiger partial charge in [-0.25, -0.2) is 4.98 Å². The second-order valence-electron chi connectivity index (χ2n) is 5.69. The Morgan fingerprint density at radius 2 is 2.04 bits per heavy atom. The summed E-state index contributed by atoms with van der Waals surface area (Å²) < 4.78 is 0. The number of amides is 1. The number of anilines is 1. The first-order chi connectivity index (χ1) is 12.0. The Morgan fingerprint density at radius 1 is 1.32 bits per heavy atom. The Kier molecular flexibility index (Phi) is 6.55. The maximum Gasteiger partial charge on any atom is 0.266 e. The Hall–Kier alpha value is -2.84. The number of nitrogens with zero attached hydrogens (tertiary/aromatic N) is 3. The van der Waals surface area contributed by atoms with Gasteiger partial charge in [-0.3, -0.25) is 4.79 Å². The average Bonchev–Trinajstić information content (AvgIpc) is 2.62. The van der Waals surface area contributed by atoms with E-state index >= 15 is 0 Å². The maximum absolute atomic E-state index is 12.7. The van der Waals surface area contributed by atoms with Gasteiger partial charge in [0.25, 0.3) is 5.91 Å². The van der Waals surface area contributed by atoms with E-state index < -0.39 is 0 Å². The van der Waals surface area contributed by atoms with Crippen LogP contribution in [0.4, 0.5) is 5.82 Å². The molecule has 1 aromatic carbocycles. The van der Waals surface area contributed by atoms with Crippen LogP contribution in [0.1, 0.15) is 19.4 Å². The van der Waals surface area contributed by atoms with Crippen molar-refractivity contribution < 1.29 is 4.79 Å². The van der Waals surface area contributed by atoms with Crippen LogP contribution in [-0.2, 0) is 11.3 Å². The zero-order valence-electron chi connectivity index (χ0n) is 14.1. The lowest BCUT2D eigenvalue weighted by molar-refractivity contribution is -0.129. The van der Waals surface area contributed by atoms with Gasteiger partial charge in [-0.15, -0.1) is 0 Å². The molecule has 0 saturated carbocycles. The summed E-state index contributed by atoms with van der Waals surface area (Å²) in [6.45, 7) is 4.28. The molecular weight excluding hydrogens is 336 g/mol. The summed E-state index contributed by atoms with van der Waals surface area (Å²) in [7, 11) is 0. The SMILES string of the molecule is CC(C)N(Cc1ccccc1)C(=O)/C(C#N)=C\Nc1ccc(Cl)cn1. The van der Waals surface area contributed by atoms with Crippen molar-refractivity contribution in [2.75, 3.05) is 5.32 Å². The second kappa shape index (κ2) is 8.86. The smallest absolute Gasteiger partial charge is 0.266 e. The van der Waals surface area contributed by atoms with Gasteiger partial charge < -0.3 is 10.2 Å². The first-order valence-corrected chi connectivity index (χ1v) is 8.22. The molecule has 0 spiro atoms. The third-order valence-electron chi connectivity index (χ3n) is 3.52. The van der Waals surface area contributed by atoms with E-state index in [9.17, 15) is 10.1 Å². The minimum Gasteiger partial charge on any atom is -0.345 e. The molecule has 0 aliphatic heterocycles. The van der Waals surface area contributed by atoms with Crippen LogP contribution < -0.4 is 5.32 Å². The quantitative estimate of drug-likeness (QED) is 0.629. The fourth-order valence-corrected chi connectivity index (χ4v) is 2.28. The number of aromatic nitrogens is 1. The normalized spacial score (nSPS) is 11.1. The number of hydrogen-bond donors (Lipinski definition) is 1. The first-order valence-electron chi connectivity index (χ1n) is 7.84. The van der Waals surface area contributed by atoms with E-state index in [1.54, 1.807) is 17.0 Å². The minimum atomic E-state index is -0.331. The zero-order chi connectivity index (χ0) is 18.2. The third-order valence-corrected chi connectivity index (χ3v) is 3.75. The summed E-state index contributed by atoms with van der Waals surface area (Å²) >= 11 is 5.79. The van der Waals surface area contributed by atoms with Crippen LogP contribution in [0.15, 0.2) is 60.4 Å². The fourth-order valence-electron chi connectivity index (χ4n) is 2.17. The molecule has 0 aliphatic rings. The summed E-state index contributed by atoms with van der Waals surface area (Å²) in [5.74, 6) is 0.173. The highest BCUT2D eigenvalue weighted by atomic mass is 35.5. The minimum absolute atomic E-state index is 0.0152. The number of hydrogen-bond acceptors (Lipinski definition) is 4. The lowest BCUT2D eigenvalue weighted by Crippen LogP contribution is -2.37. The largest absolute Gasteiger partial charge is 0.345 e. The van der Waals surface area contributed by atoms with Gasteiger partial charge in [0.15, 0.2) is 0 Å². The van der Waals surface area contributed by atoms with Gasteiger partial charge in [-0.2, -0.15) is 5.26 Å². The van der Waals surface area contributed by atoms with E-state index in [0.717, 1.165) is 5.56 Å². The van der Waals surface area contributed by atoms with E-state index in [1.165, 1.54) is 12.4 Å². The van der Waals surface area contributed by atoms with Crippen molar-refractivity contribution in [2.45, 2.75) is 26.4 Å². The highest BCUT2D eigenvalue weighted by Crippen LogP contribution is 2.14. The molecule has 0 saturated heterocycles. The molecule has 2 rings (SSSR count). The van der Waals surface area contributed by atoms with E-state index in [1.807, 2.05) is 50.2 Å². The summed E-state index contributed by atoms with van der Waals surface area (Å²) in [5, 5.41) is 12.7. The predicted octanol–water partition coefficient (Wildman–Crippen LogP) is 3.99.